The normalized spacial score (nSPS) is 11.0. The Hall–Kier alpha value is -2.32. The smallest absolute Gasteiger partial charge is 0.124 e. The van der Waals surface area contributed by atoms with E-state index in [1.54, 1.807) is 0 Å². The molecule has 136 valence electrons. The Morgan fingerprint density at radius 3 is 2.46 bits per heavy atom. The molecule has 0 saturated heterocycles. The van der Waals surface area contributed by atoms with E-state index in [0.717, 1.165) is 31.9 Å². The van der Waals surface area contributed by atoms with Crippen LogP contribution in [0, 0.1) is 6.92 Å². The van der Waals surface area contributed by atoms with Gasteiger partial charge in [-0.05, 0) is 35.7 Å². The molecule has 26 heavy (non-hydrogen) atoms. The first-order valence-electron chi connectivity index (χ1n) is 9.67. The molecular weight excluding hydrogens is 318 g/mol. The minimum Gasteiger partial charge on any atom is -0.493 e. The van der Waals surface area contributed by atoms with Crippen LogP contribution in [0.5, 0.6) is 5.75 Å². The largest absolute Gasteiger partial charge is 0.493 e. The third kappa shape index (κ3) is 4.86. The molecule has 0 saturated carbocycles. The Balaban J connectivity index is 1.73. The molecule has 0 bridgehead atoms. The Morgan fingerprint density at radius 1 is 0.846 bits per heavy atom. The van der Waals surface area contributed by atoms with E-state index in [2.05, 4.69) is 79.8 Å². The van der Waals surface area contributed by atoms with Crippen LogP contribution in [0.15, 0.2) is 60.7 Å². The van der Waals surface area contributed by atoms with Crippen LogP contribution in [0.2, 0.25) is 0 Å². The van der Waals surface area contributed by atoms with Gasteiger partial charge in [0, 0.05) is 18.7 Å². The molecule has 0 heterocycles. The molecule has 3 aromatic carbocycles. The number of ether oxygens (including phenoxy) is 1. The first-order chi connectivity index (χ1) is 12.8. The highest BCUT2D eigenvalue weighted by Crippen LogP contribution is 2.28. The number of unbranched alkanes of at least 4 members (excludes halogenated alkanes) is 2. The highest BCUT2D eigenvalue weighted by Gasteiger charge is 2.09. The van der Waals surface area contributed by atoms with Crippen LogP contribution in [-0.2, 0) is 13.1 Å². The first kappa shape index (κ1) is 18.5. The number of aryl methyl sites for hydroxylation is 1. The van der Waals surface area contributed by atoms with Gasteiger partial charge in [-0.3, -0.25) is 0 Å². The minimum absolute atomic E-state index is 0.789. The van der Waals surface area contributed by atoms with E-state index >= 15 is 0 Å². The summed E-state index contributed by atoms with van der Waals surface area (Å²) in [6.45, 7) is 6.79. The Kier molecular flexibility index (Phi) is 6.68. The molecule has 2 heteroatoms. The molecule has 0 spiro atoms. The summed E-state index contributed by atoms with van der Waals surface area (Å²) < 4.78 is 6.13. The van der Waals surface area contributed by atoms with Crippen LogP contribution in [0.4, 0.5) is 0 Å². The Morgan fingerprint density at radius 2 is 1.65 bits per heavy atom. The summed E-state index contributed by atoms with van der Waals surface area (Å²) in [5.41, 5.74) is 3.86. The van der Waals surface area contributed by atoms with Gasteiger partial charge in [0.15, 0.2) is 0 Å². The van der Waals surface area contributed by atoms with E-state index in [0.29, 0.717) is 0 Å². The number of rotatable bonds is 9. The minimum atomic E-state index is 0.789. The number of hydrogen-bond acceptors (Lipinski definition) is 2. The maximum atomic E-state index is 6.13. The molecular formula is C24H29NO. The predicted molar refractivity (Wildman–Crippen MR) is 111 cm³/mol. The lowest BCUT2D eigenvalue weighted by Crippen LogP contribution is -2.14. The van der Waals surface area contributed by atoms with Crippen molar-refractivity contribution < 1.29 is 4.74 Å². The Labute approximate surface area is 157 Å². The number of benzene rings is 3. The zero-order valence-corrected chi connectivity index (χ0v) is 15.9. The van der Waals surface area contributed by atoms with Crippen molar-refractivity contribution in [1.82, 2.24) is 5.32 Å². The van der Waals surface area contributed by atoms with Gasteiger partial charge in [0.1, 0.15) is 5.75 Å². The molecule has 3 aromatic rings. The van der Waals surface area contributed by atoms with E-state index in [1.165, 1.54) is 40.3 Å². The zero-order valence-electron chi connectivity index (χ0n) is 15.9. The molecule has 3 rings (SSSR count). The van der Waals surface area contributed by atoms with Gasteiger partial charge in [0.2, 0.25) is 0 Å². The lowest BCUT2D eigenvalue weighted by Gasteiger charge is -2.15. The highest BCUT2D eigenvalue weighted by molar-refractivity contribution is 5.87. The van der Waals surface area contributed by atoms with Crippen LogP contribution in [0.1, 0.15) is 42.9 Å². The van der Waals surface area contributed by atoms with Crippen LogP contribution in [-0.4, -0.2) is 6.61 Å². The highest BCUT2D eigenvalue weighted by atomic mass is 16.5. The molecule has 0 aromatic heterocycles. The fraction of sp³-hybridized carbons (Fsp3) is 0.333. The average Bonchev–Trinajstić information content (AvgIpc) is 2.67. The topological polar surface area (TPSA) is 21.3 Å². The van der Waals surface area contributed by atoms with Crippen molar-refractivity contribution in [2.45, 2.75) is 46.2 Å². The molecule has 0 radical (unpaired) electrons. The lowest BCUT2D eigenvalue weighted by atomic mass is 10.0. The summed E-state index contributed by atoms with van der Waals surface area (Å²) in [4.78, 5) is 0. The van der Waals surface area contributed by atoms with E-state index in [4.69, 9.17) is 4.74 Å². The van der Waals surface area contributed by atoms with Gasteiger partial charge >= 0.3 is 0 Å². The molecule has 0 atom stereocenters. The summed E-state index contributed by atoms with van der Waals surface area (Å²) in [6, 6.07) is 21.5. The molecule has 1 N–H and O–H groups in total. The number of fused-ring (bicyclic) bond motifs is 1. The van der Waals surface area contributed by atoms with Gasteiger partial charge in [-0.15, -0.1) is 0 Å². The summed E-state index contributed by atoms with van der Waals surface area (Å²) in [5, 5.41) is 6.13. The summed E-state index contributed by atoms with van der Waals surface area (Å²) in [5.74, 6) is 1.01. The SMILES string of the molecule is CCCCCOc1ccc2ccccc2c1CNCc1ccc(C)cc1. The Bertz CT molecular complexity index is 823. The van der Waals surface area contributed by atoms with Gasteiger partial charge in [0.05, 0.1) is 6.61 Å². The van der Waals surface area contributed by atoms with Gasteiger partial charge in [-0.25, -0.2) is 0 Å². The maximum Gasteiger partial charge on any atom is 0.124 e. The third-order valence-corrected chi connectivity index (χ3v) is 4.75. The zero-order chi connectivity index (χ0) is 18.2. The van der Waals surface area contributed by atoms with Crippen molar-refractivity contribution in [3.63, 3.8) is 0 Å². The van der Waals surface area contributed by atoms with E-state index in [-0.39, 0.29) is 0 Å². The molecule has 0 aliphatic carbocycles. The quantitative estimate of drug-likeness (QED) is 0.479. The summed E-state index contributed by atoms with van der Waals surface area (Å²) >= 11 is 0. The molecule has 0 aliphatic heterocycles. The molecule has 0 fully saturated rings. The summed E-state index contributed by atoms with van der Waals surface area (Å²) in [7, 11) is 0. The van der Waals surface area contributed by atoms with E-state index < -0.39 is 0 Å². The molecule has 0 aliphatic rings. The second-order valence-electron chi connectivity index (χ2n) is 6.91. The third-order valence-electron chi connectivity index (χ3n) is 4.75. The van der Waals surface area contributed by atoms with Crippen molar-refractivity contribution >= 4 is 10.8 Å². The fourth-order valence-corrected chi connectivity index (χ4v) is 3.21. The molecule has 0 unspecified atom stereocenters. The van der Waals surface area contributed by atoms with Gasteiger partial charge in [-0.2, -0.15) is 0 Å². The van der Waals surface area contributed by atoms with Crippen molar-refractivity contribution in [2.24, 2.45) is 0 Å². The van der Waals surface area contributed by atoms with Crippen LogP contribution in [0.25, 0.3) is 10.8 Å². The van der Waals surface area contributed by atoms with Gasteiger partial charge in [0.25, 0.3) is 0 Å². The van der Waals surface area contributed by atoms with Crippen LogP contribution >= 0.6 is 0 Å². The van der Waals surface area contributed by atoms with Crippen molar-refractivity contribution in [3.05, 3.63) is 77.4 Å². The predicted octanol–water partition coefficient (Wildman–Crippen LogP) is 6.01. The number of nitrogens with one attached hydrogen (secondary N) is 1. The van der Waals surface area contributed by atoms with Crippen molar-refractivity contribution in [3.8, 4) is 5.75 Å². The second-order valence-corrected chi connectivity index (χ2v) is 6.91. The van der Waals surface area contributed by atoms with Crippen molar-refractivity contribution in [1.29, 1.82) is 0 Å². The first-order valence-corrected chi connectivity index (χ1v) is 9.67. The monoisotopic (exact) mass is 347 g/mol. The average molecular weight is 348 g/mol. The van der Waals surface area contributed by atoms with Gasteiger partial charge < -0.3 is 10.1 Å². The maximum absolute atomic E-state index is 6.13. The molecule has 2 nitrogen and oxygen atoms in total. The van der Waals surface area contributed by atoms with E-state index in [9.17, 15) is 0 Å². The summed E-state index contributed by atoms with van der Waals surface area (Å²) in [6.07, 6.45) is 3.54. The second kappa shape index (κ2) is 9.40. The van der Waals surface area contributed by atoms with Crippen LogP contribution in [0.3, 0.4) is 0 Å². The fourth-order valence-electron chi connectivity index (χ4n) is 3.21. The van der Waals surface area contributed by atoms with E-state index in [1.807, 2.05) is 0 Å². The van der Waals surface area contributed by atoms with Crippen LogP contribution < -0.4 is 10.1 Å². The number of hydrogen-bond donors (Lipinski definition) is 1. The van der Waals surface area contributed by atoms with Gasteiger partial charge in [-0.1, -0.05) is 79.9 Å². The van der Waals surface area contributed by atoms with Crippen molar-refractivity contribution in [2.75, 3.05) is 6.61 Å². The standard InChI is InChI=1S/C24H29NO/c1-3-4-7-16-26-24-15-14-21-8-5-6-9-22(21)23(24)18-25-17-20-12-10-19(2)11-13-20/h5-6,8-15,25H,3-4,7,16-18H2,1-2H3. The lowest BCUT2D eigenvalue weighted by molar-refractivity contribution is 0.303. The molecule has 0 amide bonds.